The van der Waals surface area contributed by atoms with Gasteiger partial charge in [-0.05, 0) is 40.4 Å². The Kier molecular flexibility index (Phi) is 10.1. The Hall–Kier alpha value is -1.16. The lowest BCUT2D eigenvalue weighted by atomic mass is 10.1. The summed E-state index contributed by atoms with van der Waals surface area (Å²) in [5.41, 5.74) is 3.94. The molecule has 7 heteroatoms. The molecule has 2 heterocycles. The van der Waals surface area contributed by atoms with E-state index in [1.54, 1.807) is 11.3 Å². The van der Waals surface area contributed by atoms with Gasteiger partial charge in [0.05, 0.1) is 19.8 Å². The predicted molar refractivity (Wildman–Crippen MR) is 124 cm³/mol. The Labute approximate surface area is 183 Å². The minimum Gasteiger partial charge on any atom is -0.379 e. The molecule has 0 aliphatic carbocycles. The van der Waals surface area contributed by atoms with Crippen molar-refractivity contribution in [1.29, 1.82) is 0 Å². The van der Waals surface area contributed by atoms with E-state index in [0.29, 0.717) is 6.54 Å². The monoisotopic (exact) mass is 500 g/mol. The normalized spacial score (nSPS) is 15.2. The number of hydrogen-bond acceptors (Lipinski definition) is 4. The second kappa shape index (κ2) is 12.3. The van der Waals surface area contributed by atoms with Gasteiger partial charge >= 0.3 is 0 Å². The number of benzene rings is 1. The van der Waals surface area contributed by atoms with Crippen LogP contribution in [0, 0.1) is 0 Å². The smallest absolute Gasteiger partial charge is 0.191 e. The Morgan fingerprint density at radius 1 is 1.15 bits per heavy atom. The molecule has 2 aromatic rings. The van der Waals surface area contributed by atoms with Crippen LogP contribution in [-0.4, -0.2) is 43.7 Å². The molecule has 0 spiro atoms. The minimum absolute atomic E-state index is 0. The molecule has 1 aromatic heterocycles. The summed E-state index contributed by atoms with van der Waals surface area (Å²) < 4.78 is 5.45. The maximum absolute atomic E-state index is 5.45. The first-order chi connectivity index (χ1) is 12.8. The fraction of sp³-hybridized carbons (Fsp3) is 0.450. The van der Waals surface area contributed by atoms with Crippen LogP contribution in [0.5, 0.6) is 0 Å². The Morgan fingerprint density at radius 3 is 2.63 bits per heavy atom. The zero-order valence-electron chi connectivity index (χ0n) is 15.8. The number of hydrogen-bond donors (Lipinski definition) is 2. The van der Waals surface area contributed by atoms with Crippen LogP contribution in [-0.2, 0) is 24.4 Å². The summed E-state index contributed by atoms with van der Waals surface area (Å²) in [5, 5.41) is 11.0. The van der Waals surface area contributed by atoms with Gasteiger partial charge in [0.25, 0.3) is 0 Å². The SMILES string of the molecule is CCNC(=NCc1ccsc1)NCc1ccccc1CN1CCOCC1.I. The van der Waals surface area contributed by atoms with E-state index in [-0.39, 0.29) is 24.0 Å². The number of aliphatic imine (C=N–C) groups is 1. The van der Waals surface area contributed by atoms with Crippen molar-refractivity contribution in [3.63, 3.8) is 0 Å². The molecule has 3 rings (SSSR count). The molecule has 0 atom stereocenters. The summed E-state index contributed by atoms with van der Waals surface area (Å²) in [4.78, 5) is 7.15. The van der Waals surface area contributed by atoms with Crippen molar-refractivity contribution in [2.24, 2.45) is 4.99 Å². The van der Waals surface area contributed by atoms with Crippen LogP contribution >= 0.6 is 35.3 Å². The van der Waals surface area contributed by atoms with E-state index in [2.05, 4.69) is 63.5 Å². The van der Waals surface area contributed by atoms with Crippen LogP contribution in [0.15, 0.2) is 46.1 Å². The lowest BCUT2D eigenvalue weighted by Gasteiger charge is -2.27. The summed E-state index contributed by atoms with van der Waals surface area (Å²) in [6.45, 7) is 9.08. The van der Waals surface area contributed by atoms with Crippen LogP contribution in [0.25, 0.3) is 0 Å². The van der Waals surface area contributed by atoms with Gasteiger partial charge < -0.3 is 15.4 Å². The van der Waals surface area contributed by atoms with E-state index >= 15 is 0 Å². The molecule has 1 aliphatic rings. The number of guanidine groups is 1. The van der Waals surface area contributed by atoms with Crippen molar-refractivity contribution in [1.82, 2.24) is 15.5 Å². The third-order valence-electron chi connectivity index (χ3n) is 4.41. The number of halogens is 1. The van der Waals surface area contributed by atoms with Crippen LogP contribution in [0.3, 0.4) is 0 Å². The van der Waals surface area contributed by atoms with Crippen molar-refractivity contribution in [3.8, 4) is 0 Å². The molecule has 1 saturated heterocycles. The summed E-state index contributed by atoms with van der Waals surface area (Å²) >= 11 is 1.71. The average Bonchev–Trinajstić information content (AvgIpc) is 3.19. The molecule has 1 fully saturated rings. The molecule has 1 aromatic carbocycles. The summed E-state index contributed by atoms with van der Waals surface area (Å²) in [6, 6.07) is 10.8. The lowest BCUT2D eigenvalue weighted by Crippen LogP contribution is -2.38. The number of nitrogens with one attached hydrogen (secondary N) is 2. The molecule has 148 valence electrons. The quantitative estimate of drug-likeness (QED) is 0.348. The van der Waals surface area contributed by atoms with Gasteiger partial charge in [0.1, 0.15) is 0 Å². The first-order valence-electron chi connectivity index (χ1n) is 9.25. The van der Waals surface area contributed by atoms with Gasteiger partial charge in [0.2, 0.25) is 0 Å². The first-order valence-corrected chi connectivity index (χ1v) is 10.2. The number of rotatable bonds is 7. The van der Waals surface area contributed by atoms with Gasteiger partial charge in [-0.3, -0.25) is 4.90 Å². The molecule has 0 bridgehead atoms. The van der Waals surface area contributed by atoms with Crippen molar-refractivity contribution >= 4 is 41.3 Å². The largest absolute Gasteiger partial charge is 0.379 e. The maximum atomic E-state index is 5.45. The van der Waals surface area contributed by atoms with Gasteiger partial charge in [-0.1, -0.05) is 24.3 Å². The zero-order chi connectivity index (χ0) is 18.0. The molecule has 0 radical (unpaired) electrons. The lowest BCUT2D eigenvalue weighted by molar-refractivity contribution is 0.0341. The third-order valence-corrected chi connectivity index (χ3v) is 5.14. The molecule has 0 saturated carbocycles. The summed E-state index contributed by atoms with van der Waals surface area (Å²) in [6.07, 6.45) is 0. The molecule has 2 N–H and O–H groups in total. The average molecular weight is 500 g/mol. The highest BCUT2D eigenvalue weighted by molar-refractivity contribution is 14.0. The van der Waals surface area contributed by atoms with Crippen molar-refractivity contribution in [2.75, 3.05) is 32.8 Å². The number of nitrogens with zero attached hydrogens (tertiary/aromatic N) is 2. The molecule has 27 heavy (non-hydrogen) atoms. The number of morpholine rings is 1. The zero-order valence-corrected chi connectivity index (χ0v) is 19.0. The van der Waals surface area contributed by atoms with Crippen molar-refractivity contribution in [2.45, 2.75) is 26.6 Å². The van der Waals surface area contributed by atoms with E-state index in [1.807, 2.05) is 0 Å². The van der Waals surface area contributed by atoms with Gasteiger partial charge in [-0.15, -0.1) is 24.0 Å². The standard InChI is InChI=1S/C20H28N4OS.HI/c1-2-21-20(22-13-17-7-12-26-16-17)23-14-18-5-3-4-6-19(18)15-24-8-10-25-11-9-24;/h3-7,12,16H,2,8-11,13-15H2,1H3,(H2,21,22,23);1H. The van der Waals surface area contributed by atoms with Gasteiger partial charge in [0, 0.05) is 32.7 Å². The Morgan fingerprint density at radius 2 is 1.93 bits per heavy atom. The van der Waals surface area contributed by atoms with Gasteiger partial charge in [-0.2, -0.15) is 11.3 Å². The maximum Gasteiger partial charge on any atom is 0.191 e. The fourth-order valence-electron chi connectivity index (χ4n) is 2.96. The van der Waals surface area contributed by atoms with E-state index in [4.69, 9.17) is 9.73 Å². The minimum atomic E-state index is 0. The summed E-state index contributed by atoms with van der Waals surface area (Å²) in [5.74, 6) is 0.861. The molecule has 1 aliphatic heterocycles. The topological polar surface area (TPSA) is 48.9 Å². The first kappa shape index (κ1) is 22.1. The van der Waals surface area contributed by atoms with E-state index < -0.39 is 0 Å². The molecule has 0 unspecified atom stereocenters. The molecular formula is C20H29IN4OS. The molecule has 5 nitrogen and oxygen atoms in total. The van der Waals surface area contributed by atoms with Crippen LogP contribution in [0.2, 0.25) is 0 Å². The van der Waals surface area contributed by atoms with Crippen molar-refractivity contribution < 1.29 is 4.74 Å². The number of ether oxygens (including phenoxy) is 1. The van der Waals surface area contributed by atoms with Gasteiger partial charge in [-0.25, -0.2) is 4.99 Å². The Balaban J connectivity index is 0.00000261. The van der Waals surface area contributed by atoms with Crippen LogP contribution < -0.4 is 10.6 Å². The van der Waals surface area contributed by atoms with Crippen LogP contribution in [0.4, 0.5) is 0 Å². The third kappa shape index (κ3) is 7.40. The summed E-state index contributed by atoms with van der Waals surface area (Å²) in [7, 11) is 0. The fourth-order valence-corrected chi connectivity index (χ4v) is 3.62. The molecule has 0 amide bonds. The highest BCUT2D eigenvalue weighted by Gasteiger charge is 2.12. The van der Waals surface area contributed by atoms with Crippen LogP contribution in [0.1, 0.15) is 23.6 Å². The highest BCUT2D eigenvalue weighted by atomic mass is 127. The predicted octanol–water partition coefficient (Wildman–Crippen LogP) is 3.45. The van der Waals surface area contributed by atoms with Crippen molar-refractivity contribution in [3.05, 3.63) is 57.8 Å². The van der Waals surface area contributed by atoms with Gasteiger partial charge in [0.15, 0.2) is 5.96 Å². The molecular weight excluding hydrogens is 471 g/mol. The number of thiophene rings is 1. The van der Waals surface area contributed by atoms with E-state index in [0.717, 1.165) is 51.9 Å². The second-order valence-electron chi connectivity index (χ2n) is 6.34. The second-order valence-corrected chi connectivity index (χ2v) is 7.12. The Bertz CT molecular complexity index is 687. The van der Waals surface area contributed by atoms with E-state index in [9.17, 15) is 0 Å². The van der Waals surface area contributed by atoms with E-state index in [1.165, 1.54) is 16.7 Å². The highest BCUT2D eigenvalue weighted by Crippen LogP contribution is 2.13.